The zero-order valence-electron chi connectivity index (χ0n) is 11.8. The summed E-state index contributed by atoms with van der Waals surface area (Å²) in [5.74, 6) is 0. The van der Waals surface area contributed by atoms with Gasteiger partial charge in [0, 0.05) is 12.6 Å². The molecule has 0 amide bonds. The number of rotatable bonds is 3. The molecule has 0 unspecified atom stereocenters. The van der Waals surface area contributed by atoms with Crippen LogP contribution in [0.4, 0.5) is 17.1 Å². The highest BCUT2D eigenvalue weighted by Gasteiger charge is 2.15. The molecule has 2 aromatic carbocycles. The van der Waals surface area contributed by atoms with Crippen LogP contribution < -0.4 is 35.0 Å². The molecule has 2 aromatic rings. The molecule has 0 saturated carbocycles. The van der Waals surface area contributed by atoms with Gasteiger partial charge in [-0.05, 0) is 30.7 Å². The summed E-state index contributed by atoms with van der Waals surface area (Å²) in [6, 6.07) is 17.0. The SMILES string of the molecule is Cc1ccc(N2C=NCC2)c([NH2+]c2ccccc2)c1.[Cl-].[Cl-]. The van der Waals surface area contributed by atoms with Crippen LogP contribution in [0, 0.1) is 6.92 Å². The summed E-state index contributed by atoms with van der Waals surface area (Å²) in [6.45, 7) is 3.99. The lowest BCUT2D eigenvalue weighted by Gasteiger charge is -2.16. The second kappa shape index (κ2) is 8.03. The minimum Gasteiger partial charge on any atom is -1.00 e. The standard InChI is InChI=1S/C16H17N3.2ClH/c1-13-7-8-16(19-10-9-17-12-19)15(11-13)18-14-5-3-2-4-6-14;;/h2-8,11-12,18H,9-10H2,1H3;2*1H/p-1. The average molecular weight is 323 g/mol. The van der Waals surface area contributed by atoms with E-state index in [-0.39, 0.29) is 24.8 Å². The number of nitrogens with two attached hydrogens (primary N) is 1. The number of nitrogens with zero attached hydrogens (tertiary/aromatic N) is 2. The first kappa shape index (κ1) is 17.5. The number of benzene rings is 2. The summed E-state index contributed by atoms with van der Waals surface area (Å²) in [5.41, 5.74) is 4.99. The van der Waals surface area contributed by atoms with Crippen LogP contribution in [0.25, 0.3) is 0 Å². The van der Waals surface area contributed by atoms with E-state index in [1.165, 1.54) is 22.6 Å². The molecule has 0 fully saturated rings. The molecule has 0 aliphatic carbocycles. The molecule has 112 valence electrons. The van der Waals surface area contributed by atoms with Gasteiger partial charge in [-0.1, -0.05) is 24.3 Å². The number of aryl methyl sites for hydroxylation is 1. The van der Waals surface area contributed by atoms with Crippen LogP contribution in [-0.2, 0) is 0 Å². The third-order valence-electron chi connectivity index (χ3n) is 3.31. The highest BCUT2D eigenvalue weighted by Crippen LogP contribution is 2.24. The molecule has 3 rings (SSSR count). The first-order chi connectivity index (χ1) is 9.33. The molecule has 21 heavy (non-hydrogen) atoms. The Labute approximate surface area is 137 Å². The topological polar surface area (TPSA) is 32.2 Å². The second-order valence-electron chi connectivity index (χ2n) is 4.83. The maximum absolute atomic E-state index is 4.30. The third-order valence-corrected chi connectivity index (χ3v) is 3.31. The molecule has 0 bridgehead atoms. The predicted molar refractivity (Wildman–Crippen MR) is 79.6 cm³/mol. The van der Waals surface area contributed by atoms with E-state index in [0.29, 0.717) is 0 Å². The van der Waals surface area contributed by atoms with Crippen molar-refractivity contribution >= 4 is 23.4 Å². The number of anilines is 1. The van der Waals surface area contributed by atoms with Crippen LogP contribution in [-0.4, -0.2) is 19.4 Å². The van der Waals surface area contributed by atoms with E-state index in [9.17, 15) is 0 Å². The van der Waals surface area contributed by atoms with Crippen molar-refractivity contribution in [1.82, 2.24) is 0 Å². The summed E-state index contributed by atoms with van der Waals surface area (Å²) in [7, 11) is 0. The Balaban J connectivity index is 0.00000110. The highest BCUT2D eigenvalue weighted by molar-refractivity contribution is 5.85. The van der Waals surface area contributed by atoms with Crippen molar-refractivity contribution < 1.29 is 30.1 Å². The van der Waals surface area contributed by atoms with Gasteiger partial charge in [-0.25, -0.2) is 0 Å². The van der Waals surface area contributed by atoms with E-state index < -0.39 is 0 Å². The van der Waals surface area contributed by atoms with Gasteiger partial charge in [0.15, 0.2) is 5.69 Å². The quantitative estimate of drug-likeness (QED) is 0.581. The van der Waals surface area contributed by atoms with Gasteiger partial charge in [0.2, 0.25) is 0 Å². The van der Waals surface area contributed by atoms with E-state index in [2.05, 4.69) is 64.6 Å². The molecular weight excluding hydrogens is 305 g/mol. The van der Waals surface area contributed by atoms with Gasteiger partial charge in [0.25, 0.3) is 0 Å². The van der Waals surface area contributed by atoms with Crippen molar-refractivity contribution in [2.75, 3.05) is 18.0 Å². The maximum atomic E-state index is 4.30. The van der Waals surface area contributed by atoms with Crippen molar-refractivity contribution in [2.24, 2.45) is 4.99 Å². The molecule has 0 saturated heterocycles. The van der Waals surface area contributed by atoms with E-state index in [4.69, 9.17) is 0 Å². The Morgan fingerprint density at radius 2 is 1.81 bits per heavy atom. The molecule has 0 atom stereocenters. The highest BCUT2D eigenvalue weighted by atomic mass is 35.5. The number of hydrogen-bond donors (Lipinski definition) is 1. The zero-order chi connectivity index (χ0) is 13.1. The Morgan fingerprint density at radius 1 is 1.05 bits per heavy atom. The van der Waals surface area contributed by atoms with Crippen LogP contribution >= 0.6 is 0 Å². The largest absolute Gasteiger partial charge is 1.00 e. The first-order valence-electron chi connectivity index (χ1n) is 6.60. The molecule has 1 heterocycles. The van der Waals surface area contributed by atoms with E-state index >= 15 is 0 Å². The molecule has 3 nitrogen and oxygen atoms in total. The molecule has 0 radical (unpaired) electrons. The predicted octanol–water partition coefficient (Wildman–Crippen LogP) is -3.62. The fourth-order valence-corrected chi connectivity index (χ4v) is 2.34. The molecule has 5 heteroatoms. The lowest BCUT2D eigenvalue weighted by Crippen LogP contribution is -3.00. The van der Waals surface area contributed by atoms with Gasteiger partial charge >= 0.3 is 0 Å². The molecule has 1 aliphatic rings. The van der Waals surface area contributed by atoms with Gasteiger partial charge in [-0.15, -0.1) is 0 Å². The van der Waals surface area contributed by atoms with Crippen molar-refractivity contribution in [2.45, 2.75) is 6.92 Å². The molecule has 0 aromatic heterocycles. The van der Waals surface area contributed by atoms with E-state index in [0.717, 1.165) is 13.1 Å². The smallest absolute Gasteiger partial charge is 0.158 e. The van der Waals surface area contributed by atoms with Crippen LogP contribution in [0.2, 0.25) is 0 Å². The number of halogens is 2. The van der Waals surface area contributed by atoms with Gasteiger partial charge in [0.1, 0.15) is 11.4 Å². The minimum absolute atomic E-state index is 0. The number of para-hydroxylation sites is 1. The van der Waals surface area contributed by atoms with Gasteiger partial charge in [0.05, 0.1) is 12.9 Å². The van der Waals surface area contributed by atoms with Crippen LogP contribution in [0.1, 0.15) is 5.56 Å². The molecule has 2 N–H and O–H groups in total. The van der Waals surface area contributed by atoms with Crippen LogP contribution in [0.3, 0.4) is 0 Å². The zero-order valence-corrected chi connectivity index (χ0v) is 13.3. The second-order valence-corrected chi connectivity index (χ2v) is 4.83. The monoisotopic (exact) mass is 322 g/mol. The lowest BCUT2D eigenvalue weighted by molar-refractivity contribution is -0.477. The van der Waals surface area contributed by atoms with Crippen molar-refractivity contribution in [3.8, 4) is 0 Å². The summed E-state index contributed by atoms with van der Waals surface area (Å²) in [4.78, 5) is 6.52. The number of aliphatic imine (C=N–C) groups is 1. The normalized spacial score (nSPS) is 12.7. The summed E-state index contributed by atoms with van der Waals surface area (Å²) in [5, 5.41) is 2.23. The van der Waals surface area contributed by atoms with Crippen LogP contribution in [0.5, 0.6) is 0 Å². The van der Waals surface area contributed by atoms with Crippen molar-refractivity contribution in [3.63, 3.8) is 0 Å². The lowest BCUT2D eigenvalue weighted by atomic mass is 10.1. The van der Waals surface area contributed by atoms with E-state index in [1.54, 1.807) is 0 Å². The fourth-order valence-electron chi connectivity index (χ4n) is 2.34. The fraction of sp³-hybridized carbons (Fsp3) is 0.188. The molecule has 0 spiro atoms. The number of hydrogen-bond acceptors (Lipinski definition) is 2. The maximum Gasteiger partial charge on any atom is 0.158 e. The summed E-state index contributed by atoms with van der Waals surface area (Å²) in [6.07, 6.45) is 1.94. The summed E-state index contributed by atoms with van der Waals surface area (Å²) < 4.78 is 0. The van der Waals surface area contributed by atoms with Gasteiger partial charge in [-0.3, -0.25) is 10.3 Å². The Bertz CT molecular complexity index is 600. The minimum atomic E-state index is 0. The van der Waals surface area contributed by atoms with Crippen molar-refractivity contribution in [3.05, 3.63) is 54.1 Å². The molecule has 1 aliphatic heterocycles. The summed E-state index contributed by atoms with van der Waals surface area (Å²) >= 11 is 0. The molecular formula is C16H18Cl2N3-. The van der Waals surface area contributed by atoms with Crippen LogP contribution in [0.15, 0.2) is 53.5 Å². The average Bonchev–Trinajstić information content (AvgIpc) is 2.94. The van der Waals surface area contributed by atoms with E-state index in [1.807, 2.05) is 12.4 Å². The first-order valence-corrected chi connectivity index (χ1v) is 6.60. The Morgan fingerprint density at radius 3 is 2.48 bits per heavy atom. The van der Waals surface area contributed by atoms with Gasteiger partial charge < -0.3 is 29.7 Å². The number of quaternary nitrogens is 1. The third kappa shape index (κ3) is 4.21. The van der Waals surface area contributed by atoms with Crippen molar-refractivity contribution in [1.29, 1.82) is 0 Å². The van der Waals surface area contributed by atoms with Gasteiger partial charge in [-0.2, -0.15) is 0 Å². The Hall–Kier alpha value is -1.55. The Kier molecular flexibility index (Phi) is 6.69.